The van der Waals surface area contributed by atoms with Gasteiger partial charge in [-0.3, -0.25) is 9.69 Å². The van der Waals surface area contributed by atoms with Gasteiger partial charge in [-0.1, -0.05) is 18.2 Å². The summed E-state index contributed by atoms with van der Waals surface area (Å²) in [6.45, 7) is 0.606. The molecule has 0 unspecified atom stereocenters. The van der Waals surface area contributed by atoms with Crippen LogP contribution in [0.5, 0.6) is 5.75 Å². The molecule has 0 aliphatic carbocycles. The number of methoxy groups -OCH3 is 1. The quantitative estimate of drug-likeness (QED) is 0.540. The van der Waals surface area contributed by atoms with Crippen LogP contribution in [-0.2, 0) is 14.3 Å². The van der Waals surface area contributed by atoms with E-state index in [9.17, 15) is 9.59 Å². The summed E-state index contributed by atoms with van der Waals surface area (Å²) in [4.78, 5) is 25.8. The molecule has 0 saturated heterocycles. The molecule has 8 heteroatoms. The summed E-state index contributed by atoms with van der Waals surface area (Å²) in [6.07, 6.45) is 1.75. The Labute approximate surface area is 167 Å². The lowest BCUT2D eigenvalue weighted by atomic mass is 10.1. The van der Waals surface area contributed by atoms with E-state index >= 15 is 0 Å². The number of benzene rings is 1. The SMILES string of the molecule is COC(=O)CN(C)CCOC(=O)c1c2ccccc2n2cc(OCC#N)ccc12. The van der Waals surface area contributed by atoms with Gasteiger partial charge in [0, 0.05) is 11.9 Å². The summed E-state index contributed by atoms with van der Waals surface area (Å²) in [5, 5.41) is 9.46. The molecular formula is C21H21N3O5. The zero-order valence-corrected chi connectivity index (χ0v) is 16.3. The van der Waals surface area contributed by atoms with Crippen molar-refractivity contribution in [2.45, 2.75) is 0 Å². The van der Waals surface area contributed by atoms with Crippen LogP contribution in [0.4, 0.5) is 0 Å². The van der Waals surface area contributed by atoms with Crippen LogP contribution in [0, 0.1) is 11.3 Å². The number of para-hydroxylation sites is 1. The zero-order valence-electron chi connectivity index (χ0n) is 16.3. The van der Waals surface area contributed by atoms with E-state index in [1.165, 1.54) is 7.11 Å². The summed E-state index contributed by atoms with van der Waals surface area (Å²) >= 11 is 0. The average molecular weight is 395 g/mol. The summed E-state index contributed by atoms with van der Waals surface area (Å²) in [5.41, 5.74) is 1.98. The van der Waals surface area contributed by atoms with E-state index in [-0.39, 0.29) is 25.7 Å². The van der Waals surface area contributed by atoms with Crippen molar-refractivity contribution in [2.24, 2.45) is 0 Å². The molecule has 0 saturated carbocycles. The lowest BCUT2D eigenvalue weighted by molar-refractivity contribution is -0.141. The van der Waals surface area contributed by atoms with Gasteiger partial charge in [-0.15, -0.1) is 0 Å². The number of fused-ring (bicyclic) bond motifs is 3. The number of nitriles is 1. The molecule has 0 aliphatic heterocycles. The second-order valence-electron chi connectivity index (χ2n) is 6.41. The van der Waals surface area contributed by atoms with E-state index in [0.29, 0.717) is 23.4 Å². The van der Waals surface area contributed by atoms with Crippen LogP contribution in [0.25, 0.3) is 16.4 Å². The minimum atomic E-state index is -0.444. The van der Waals surface area contributed by atoms with Crippen LogP contribution in [-0.4, -0.2) is 61.7 Å². The molecule has 150 valence electrons. The molecule has 2 heterocycles. The molecule has 0 atom stereocenters. The van der Waals surface area contributed by atoms with Crippen molar-refractivity contribution in [2.75, 3.05) is 40.5 Å². The van der Waals surface area contributed by atoms with Gasteiger partial charge in [0.05, 0.1) is 36.4 Å². The van der Waals surface area contributed by atoms with Crippen LogP contribution < -0.4 is 4.74 Å². The van der Waals surface area contributed by atoms with Gasteiger partial charge in [-0.2, -0.15) is 5.26 Å². The Bertz CT molecular complexity index is 1080. The van der Waals surface area contributed by atoms with E-state index in [4.69, 9.17) is 14.7 Å². The maximum atomic E-state index is 12.8. The maximum absolute atomic E-state index is 12.8. The van der Waals surface area contributed by atoms with Crippen molar-refractivity contribution >= 4 is 28.4 Å². The monoisotopic (exact) mass is 395 g/mol. The number of aromatic nitrogens is 1. The van der Waals surface area contributed by atoms with Crippen LogP contribution in [0.15, 0.2) is 42.6 Å². The predicted octanol–water partition coefficient (Wildman–Crippen LogP) is 2.26. The number of likely N-dealkylation sites (N-methyl/N-ethyl adjacent to an activating group) is 1. The highest BCUT2D eigenvalue weighted by atomic mass is 16.5. The molecule has 0 spiro atoms. The Morgan fingerprint density at radius 3 is 2.72 bits per heavy atom. The standard InChI is InChI=1S/C21H21N3O5/c1-23(14-19(25)27-2)10-12-29-21(26)20-16-5-3-4-6-17(16)24-13-15(28-11-9-22)7-8-18(20)24/h3-8,13H,10-12,14H2,1-2H3. The summed E-state index contributed by atoms with van der Waals surface area (Å²) in [5.74, 6) is -0.261. The highest BCUT2D eigenvalue weighted by molar-refractivity contribution is 6.11. The second-order valence-corrected chi connectivity index (χ2v) is 6.41. The fourth-order valence-electron chi connectivity index (χ4n) is 3.06. The van der Waals surface area contributed by atoms with Gasteiger partial charge in [0.1, 0.15) is 18.4 Å². The van der Waals surface area contributed by atoms with Crippen LogP contribution in [0.3, 0.4) is 0 Å². The Kier molecular flexibility index (Phi) is 6.32. The minimum Gasteiger partial charge on any atom is -0.477 e. The first-order valence-corrected chi connectivity index (χ1v) is 9.00. The first-order valence-electron chi connectivity index (χ1n) is 9.00. The number of carbonyl (C=O) groups excluding carboxylic acids is 2. The van der Waals surface area contributed by atoms with Gasteiger partial charge in [0.15, 0.2) is 6.61 Å². The summed E-state index contributed by atoms with van der Waals surface area (Å²) < 4.78 is 17.3. The molecule has 3 aromatic rings. The predicted molar refractivity (Wildman–Crippen MR) is 106 cm³/mol. The third-order valence-corrected chi connectivity index (χ3v) is 4.45. The van der Waals surface area contributed by atoms with Crippen molar-refractivity contribution in [1.29, 1.82) is 5.26 Å². The van der Waals surface area contributed by atoms with E-state index in [2.05, 4.69) is 4.74 Å². The van der Waals surface area contributed by atoms with Gasteiger partial charge in [-0.25, -0.2) is 4.79 Å². The largest absolute Gasteiger partial charge is 0.477 e. The van der Waals surface area contributed by atoms with E-state index < -0.39 is 5.97 Å². The third-order valence-electron chi connectivity index (χ3n) is 4.45. The van der Waals surface area contributed by atoms with Crippen LogP contribution in [0.2, 0.25) is 0 Å². The number of ether oxygens (including phenoxy) is 3. The number of pyridine rings is 1. The van der Waals surface area contributed by atoms with E-state index in [1.54, 1.807) is 30.3 Å². The Morgan fingerprint density at radius 2 is 1.97 bits per heavy atom. The normalized spacial score (nSPS) is 10.8. The lowest BCUT2D eigenvalue weighted by Crippen LogP contribution is -2.30. The summed E-state index contributed by atoms with van der Waals surface area (Å²) in [7, 11) is 3.08. The number of carbonyl (C=O) groups is 2. The van der Waals surface area contributed by atoms with Gasteiger partial charge >= 0.3 is 11.9 Å². The number of hydrogen-bond donors (Lipinski definition) is 0. The molecule has 29 heavy (non-hydrogen) atoms. The van der Waals surface area contributed by atoms with Crippen molar-refractivity contribution in [1.82, 2.24) is 9.30 Å². The molecule has 0 N–H and O–H groups in total. The van der Waals surface area contributed by atoms with Gasteiger partial charge < -0.3 is 18.6 Å². The highest BCUT2D eigenvalue weighted by Crippen LogP contribution is 2.29. The smallest absolute Gasteiger partial charge is 0.341 e. The number of nitrogens with zero attached hydrogens (tertiary/aromatic N) is 3. The van der Waals surface area contributed by atoms with E-state index in [1.807, 2.05) is 34.7 Å². The molecule has 3 rings (SSSR count). The maximum Gasteiger partial charge on any atom is 0.341 e. The molecule has 1 aromatic carbocycles. The Hall–Kier alpha value is -3.57. The molecule has 8 nitrogen and oxygen atoms in total. The van der Waals surface area contributed by atoms with Gasteiger partial charge in [-0.05, 0) is 25.2 Å². The van der Waals surface area contributed by atoms with Crippen molar-refractivity contribution in [3.8, 4) is 11.8 Å². The van der Waals surface area contributed by atoms with E-state index in [0.717, 1.165) is 10.9 Å². The molecule has 0 aliphatic rings. The van der Waals surface area contributed by atoms with Crippen molar-refractivity contribution < 1.29 is 23.8 Å². The van der Waals surface area contributed by atoms with Crippen molar-refractivity contribution in [3.05, 3.63) is 48.2 Å². The fraction of sp³-hybridized carbons (Fsp3) is 0.286. The van der Waals surface area contributed by atoms with Gasteiger partial charge in [0.25, 0.3) is 0 Å². The third kappa shape index (κ3) is 4.47. The van der Waals surface area contributed by atoms with Gasteiger partial charge in [0.2, 0.25) is 0 Å². The van der Waals surface area contributed by atoms with Crippen molar-refractivity contribution in [3.63, 3.8) is 0 Å². The molecule has 0 fully saturated rings. The topological polar surface area (TPSA) is 93.3 Å². The Morgan fingerprint density at radius 1 is 1.17 bits per heavy atom. The highest BCUT2D eigenvalue weighted by Gasteiger charge is 2.20. The van der Waals surface area contributed by atoms with Crippen LogP contribution in [0.1, 0.15) is 10.4 Å². The number of esters is 2. The summed E-state index contributed by atoms with van der Waals surface area (Å²) in [6, 6.07) is 12.9. The Balaban J connectivity index is 1.83. The first-order chi connectivity index (χ1) is 14.0. The zero-order chi connectivity index (χ0) is 20.8. The minimum absolute atomic E-state index is 0.0568. The lowest BCUT2D eigenvalue weighted by Gasteiger charge is -2.14. The molecular weight excluding hydrogens is 374 g/mol. The molecule has 0 amide bonds. The number of rotatable bonds is 8. The second kappa shape index (κ2) is 9.08. The number of hydrogen-bond acceptors (Lipinski definition) is 7. The first kappa shape index (κ1) is 20.2. The fourth-order valence-corrected chi connectivity index (χ4v) is 3.06. The molecule has 0 bridgehead atoms. The average Bonchev–Trinajstić information content (AvgIpc) is 3.05. The molecule has 0 radical (unpaired) electrons. The molecule has 2 aromatic heterocycles. The van der Waals surface area contributed by atoms with Crippen LogP contribution >= 0.6 is 0 Å².